The van der Waals surface area contributed by atoms with Gasteiger partial charge in [0.25, 0.3) is 0 Å². The number of methoxy groups -OCH3 is 1. The summed E-state index contributed by atoms with van der Waals surface area (Å²) in [6.45, 7) is 4.32. The fraction of sp³-hybridized carbons (Fsp3) is 0.600. The second-order valence-electron chi connectivity index (χ2n) is 5.21. The minimum Gasteiger partial charge on any atom is -0.495 e. The molecule has 3 heteroatoms. The van der Waals surface area contributed by atoms with E-state index in [4.69, 9.17) is 16.3 Å². The van der Waals surface area contributed by atoms with Crippen LogP contribution in [0.3, 0.4) is 0 Å². The van der Waals surface area contributed by atoms with E-state index in [1.165, 1.54) is 36.8 Å². The van der Waals surface area contributed by atoms with Crippen LogP contribution >= 0.6 is 11.6 Å². The second kappa shape index (κ2) is 5.94. The summed E-state index contributed by atoms with van der Waals surface area (Å²) in [5, 5.41) is 4.39. The number of halogens is 1. The summed E-state index contributed by atoms with van der Waals surface area (Å²) in [4.78, 5) is 0. The molecule has 0 aliphatic heterocycles. The summed E-state index contributed by atoms with van der Waals surface area (Å²) in [5.74, 6) is 0.756. The highest BCUT2D eigenvalue weighted by Crippen LogP contribution is 2.31. The molecule has 100 valence electrons. The molecular formula is C15H22ClNO. The lowest BCUT2D eigenvalue weighted by Gasteiger charge is -2.22. The average molecular weight is 268 g/mol. The predicted octanol–water partition coefficient (Wildman–Crippen LogP) is 4.25. The SMILES string of the molecule is COc1cc(C)c(C(C)NC2CCCC2)cc1Cl. The van der Waals surface area contributed by atoms with Crippen molar-refractivity contribution in [1.29, 1.82) is 0 Å². The van der Waals surface area contributed by atoms with Crippen molar-refractivity contribution in [2.24, 2.45) is 0 Å². The van der Waals surface area contributed by atoms with Crippen molar-refractivity contribution in [2.45, 2.75) is 51.6 Å². The molecule has 1 fully saturated rings. The fourth-order valence-corrected chi connectivity index (χ4v) is 3.08. The van der Waals surface area contributed by atoms with Crippen molar-refractivity contribution in [3.8, 4) is 5.75 Å². The highest BCUT2D eigenvalue weighted by Gasteiger charge is 2.19. The van der Waals surface area contributed by atoms with Crippen molar-refractivity contribution in [1.82, 2.24) is 5.32 Å². The van der Waals surface area contributed by atoms with E-state index in [0.29, 0.717) is 17.1 Å². The number of rotatable bonds is 4. The molecular weight excluding hydrogens is 246 g/mol. The molecule has 0 radical (unpaired) electrons. The van der Waals surface area contributed by atoms with Crippen molar-refractivity contribution in [3.05, 3.63) is 28.3 Å². The molecule has 0 aromatic heterocycles. The van der Waals surface area contributed by atoms with Crippen LogP contribution in [0, 0.1) is 6.92 Å². The molecule has 2 rings (SSSR count). The van der Waals surface area contributed by atoms with Gasteiger partial charge in [-0.2, -0.15) is 0 Å². The van der Waals surface area contributed by atoms with Gasteiger partial charge >= 0.3 is 0 Å². The Bertz CT molecular complexity index is 413. The molecule has 0 spiro atoms. The van der Waals surface area contributed by atoms with Gasteiger partial charge in [-0.25, -0.2) is 0 Å². The van der Waals surface area contributed by atoms with E-state index < -0.39 is 0 Å². The molecule has 1 aromatic carbocycles. The first kappa shape index (κ1) is 13.7. The van der Waals surface area contributed by atoms with Crippen molar-refractivity contribution < 1.29 is 4.74 Å². The molecule has 1 N–H and O–H groups in total. The van der Waals surface area contributed by atoms with Gasteiger partial charge in [0, 0.05) is 12.1 Å². The number of hydrogen-bond acceptors (Lipinski definition) is 2. The first-order valence-corrected chi connectivity index (χ1v) is 7.09. The number of benzene rings is 1. The van der Waals surface area contributed by atoms with Gasteiger partial charge in [0.1, 0.15) is 5.75 Å². The number of nitrogens with one attached hydrogen (secondary N) is 1. The molecule has 1 unspecified atom stereocenters. The zero-order valence-electron chi connectivity index (χ0n) is 11.4. The van der Waals surface area contributed by atoms with Gasteiger partial charge in [-0.1, -0.05) is 24.4 Å². The molecule has 1 aliphatic rings. The highest BCUT2D eigenvalue weighted by atomic mass is 35.5. The Labute approximate surface area is 115 Å². The lowest BCUT2D eigenvalue weighted by Crippen LogP contribution is -2.29. The summed E-state index contributed by atoms with van der Waals surface area (Å²) in [7, 11) is 1.65. The fourth-order valence-electron chi connectivity index (χ4n) is 2.83. The Morgan fingerprint density at radius 3 is 2.61 bits per heavy atom. The molecule has 0 heterocycles. The molecule has 1 aromatic rings. The number of hydrogen-bond donors (Lipinski definition) is 1. The summed E-state index contributed by atoms with van der Waals surface area (Å²) in [5.41, 5.74) is 2.50. The molecule has 2 nitrogen and oxygen atoms in total. The van der Waals surface area contributed by atoms with Crippen LogP contribution in [0.1, 0.15) is 49.8 Å². The Morgan fingerprint density at radius 1 is 1.33 bits per heavy atom. The monoisotopic (exact) mass is 267 g/mol. The van der Waals surface area contributed by atoms with Gasteiger partial charge in [0.05, 0.1) is 12.1 Å². The molecule has 1 saturated carbocycles. The Balaban J connectivity index is 2.13. The first-order valence-electron chi connectivity index (χ1n) is 6.72. The minimum atomic E-state index is 0.344. The summed E-state index contributed by atoms with van der Waals surface area (Å²) in [6, 6.07) is 5.06. The maximum atomic E-state index is 6.21. The molecule has 1 aliphatic carbocycles. The summed E-state index contributed by atoms with van der Waals surface area (Å²) >= 11 is 6.21. The second-order valence-corrected chi connectivity index (χ2v) is 5.62. The summed E-state index contributed by atoms with van der Waals surface area (Å²) in [6.07, 6.45) is 5.31. The van der Waals surface area contributed by atoms with Crippen LogP contribution in [0.2, 0.25) is 5.02 Å². The van der Waals surface area contributed by atoms with E-state index in [2.05, 4.69) is 19.2 Å². The van der Waals surface area contributed by atoms with E-state index in [-0.39, 0.29) is 0 Å². The van der Waals surface area contributed by atoms with E-state index in [9.17, 15) is 0 Å². The van der Waals surface area contributed by atoms with E-state index in [1.807, 2.05) is 12.1 Å². The lowest BCUT2D eigenvalue weighted by atomic mass is 10.0. The van der Waals surface area contributed by atoms with Crippen LogP contribution in [0.5, 0.6) is 5.75 Å². The Hall–Kier alpha value is -0.730. The third kappa shape index (κ3) is 2.99. The van der Waals surface area contributed by atoms with Crippen LogP contribution in [0.25, 0.3) is 0 Å². The van der Waals surface area contributed by atoms with Gasteiger partial charge in [-0.3, -0.25) is 0 Å². The maximum Gasteiger partial charge on any atom is 0.137 e. The van der Waals surface area contributed by atoms with Crippen molar-refractivity contribution in [3.63, 3.8) is 0 Å². The van der Waals surface area contributed by atoms with Gasteiger partial charge in [0.15, 0.2) is 0 Å². The topological polar surface area (TPSA) is 21.3 Å². The number of ether oxygens (including phenoxy) is 1. The predicted molar refractivity (Wildman–Crippen MR) is 76.5 cm³/mol. The van der Waals surface area contributed by atoms with E-state index in [1.54, 1.807) is 7.11 Å². The zero-order valence-corrected chi connectivity index (χ0v) is 12.2. The molecule has 0 bridgehead atoms. The average Bonchev–Trinajstić information content (AvgIpc) is 2.84. The van der Waals surface area contributed by atoms with E-state index >= 15 is 0 Å². The molecule has 0 saturated heterocycles. The van der Waals surface area contributed by atoms with Crippen LogP contribution in [0.15, 0.2) is 12.1 Å². The van der Waals surface area contributed by atoms with Crippen LogP contribution < -0.4 is 10.1 Å². The zero-order chi connectivity index (χ0) is 13.1. The Morgan fingerprint density at radius 2 is 2.00 bits per heavy atom. The van der Waals surface area contributed by atoms with Crippen LogP contribution in [-0.2, 0) is 0 Å². The van der Waals surface area contributed by atoms with Crippen LogP contribution in [0.4, 0.5) is 0 Å². The summed E-state index contributed by atoms with van der Waals surface area (Å²) < 4.78 is 5.24. The smallest absolute Gasteiger partial charge is 0.137 e. The van der Waals surface area contributed by atoms with Crippen LogP contribution in [-0.4, -0.2) is 13.2 Å². The standard InChI is InChI=1S/C15H22ClNO/c1-10-8-15(18-3)14(16)9-13(10)11(2)17-12-6-4-5-7-12/h8-9,11-12,17H,4-7H2,1-3H3. The van der Waals surface area contributed by atoms with Gasteiger partial charge in [-0.15, -0.1) is 0 Å². The molecule has 1 atom stereocenters. The third-order valence-electron chi connectivity index (χ3n) is 3.85. The Kier molecular flexibility index (Phi) is 4.52. The van der Waals surface area contributed by atoms with Crippen molar-refractivity contribution in [2.75, 3.05) is 7.11 Å². The van der Waals surface area contributed by atoms with Crippen molar-refractivity contribution >= 4 is 11.6 Å². The lowest BCUT2D eigenvalue weighted by molar-refractivity contribution is 0.413. The highest BCUT2D eigenvalue weighted by molar-refractivity contribution is 6.32. The van der Waals surface area contributed by atoms with Gasteiger partial charge in [-0.05, 0) is 49.9 Å². The quantitative estimate of drug-likeness (QED) is 0.881. The number of aryl methyl sites for hydroxylation is 1. The third-order valence-corrected chi connectivity index (χ3v) is 4.14. The van der Waals surface area contributed by atoms with Gasteiger partial charge < -0.3 is 10.1 Å². The normalized spacial score (nSPS) is 18.0. The maximum absolute atomic E-state index is 6.21. The van der Waals surface area contributed by atoms with E-state index in [0.717, 1.165) is 5.75 Å². The molecule has 0 amide bonds. The first-order chi connectivity index (χ1) is 8.61. The minimum absolute atomic E-state index is 0.344. The largest absolute Gasteiger partial charge is 0.495 e. The van der Waals surface area contributed by atoms with Gasteiger partial charge in [0.2, 0.25) is 0 Å². The molecule has 18 heavy (non-hydrogen) atoms.